The van der Waals surface area contributed by atoms with Gasteiger partial charge in [0.2, 0.25) is 6.29 Å². The Balaban J connectivity index is 1.52. The van der Waals surface area contributed by atoms with Crippen LogP contribution >= 0.6 is 0 Å². The number of rotatable bonds is 10. The summed E-state index contributed by atoms with van der Waals surface area (Å²) in [5, 5.41) is 44.7. The highest BCUT2D eigenvalue weighted by Gasteiger charge is 2.78. The number of benzene rings is 3. The van der Waals surface area contributed by atoms with Crippen molar-refractivity contribution in [1.29, 1.82) is 0 Å². The van der Waals surface area contributed by atoms with E-state index in [1.54, 1.807) is 48.5 Å². The largest absolute Gasteiger partial charge is 0.497 e. The van der Waals surface area contributed by atoms with E-state index in [0.717, 1.165) is 0 Å². The molecule has 2 fully saturated rings. The minimum Gasteiger partial charge on any atom is -0.497 e. The van der Waals surface area contributed by atoms with E-state index in [4.69, 9.17) is 37.9 Å². The van der Waals surface area contributed by atoms with Crippen molar-refractivity contribution < 1.29 is 63.1 Å². The number of methoxy groups -OCH3 is 4. The molecule has 1 saturated carbocycles. The third-order valence-corrected chi connectivity index (χ3v) is 9.25. The van der Waals surface area contributed by atoms with Crippen LogP contribution in [0.15, 0.2) is 66.7 Å². The molecule has 1 saturated heterocycles. The number of hydrogen-bond acceptors (Lipinski definition) is 13. The topological polar surface area (TPSA) is 172 Å². The summed E-state index contributed by atoms with van der Waals surface area (Å²) in [6.07, 6.45) is -6.03. The van der Waals surface area contributed by atoms with Crippen molar-refractivity contribution in [2.24, 2.45) is 5.92 Å². The molecule has 0 unspecified atom stereocenters. The molecule has 0 bridgehead atoms. The predicted molar refractivity (Wildman–Crippen MR) is 162 cm³/mol. The third kappa shape index (κ3) is 5.10. The number of carbonyl (C=O) groups is 1. The fraction of sp³-hybridized carbons (Fsp3) is 0.441. The molecule has 2 aliphatic heterocycles. The Labute approximate surface area is 271 Å². The molecular weight excluding hydrogens is 616 g/mol. The molecule has 9 atom stereocenters. The van der Waals surface area contributed by atoms with Gasteiger partial charge in [0.15, 0.2) is 11.2 Å². The van der Waals surface area contributed by atoms with Crippen molar-refractivity contribution in [2.45, 2.75) is 48.0 Å². The van der Waals surface area contributed by atoms with Gasteiger partial charge in [0.25, 0.3) is 6.29 Å². The first-order valence-electron chi connectivity index (χ1n) is 15.0. The van der Waals surface area contributed by atoms with E-state index >= 15 is 0 Å². The summed E-state index contributed by atoms with van der Waals surface area (Å²) in [6.45, 7) is -0.601. The van der Waals surface area contributed by atoms with Crippen molar-refractivity contribution in [2.75, 3.05) is 41.7 Å². The molecule has 2 heterocycles. The van der Waals surface area contributed by atoms with E-state index in [2.05, 4.69) is 0 Å². The number of aliphatic hydroxyl groups is 4. The molecule has 252 valence electrons. The van der Waals surface area contributed by atoms with Crippen LogP contribution in [0.25, 0.3) is 0 Å². The average molecular weight is 655 g/mol. The second kappa shape index (κ2) is 12.9. The first kappa shape index (κ1) is 33.0. The number of carbonyl (C=O) groups excluding carboxylic acids is 1. The number of ether oxygens (including phenoxy) is 8. The Bertz CT molecular complexity index is 1570. The van der Waals surface area contributed by atoms with Crippen LogP contribution in [-0.2, 0) is 34.9 Å². The van der Waals surface area contributed by atoms with Crippen LogP contribution in [0.5, 0.6) is 23.0 Å². The van der Waals surface area contributed by atoms with Gasteiger partial charge in [-0.15, -0.1) is 0 Å². The van der Waals surface area contributed by atoms with Crippen LogP contribution in [0, 0.1) is 5.92 Å². The molecule has 13 nitrogen and oxygen atoms in total. The molecule has 3 aliphatic rings. The van der Waals surface area contributed by atoms with Gasteiger partial charge in [-0.2, -0.15) is 0 Å². The Morgan fingerprint density at radius 1 is 0.979 bits per heavy atom. The number of aliphatic hydroxyl groups excluding tert-OH is 3. The fourth-order valence-electron chi connectivity index (χ4n) is 7.11. The van der Waals surface area contributed by atoms with E-state index in [9.17, 15) is 25.2 Å². The van der Waals surface area contributed by atoms with Gasteiger partial charge in [0, 0.05) is 25.2 Å². The third-order valence-electron chi connectivity index (χ3n) is 9.25. The first-order chi connectivity index (χ1) is 22.7. The van der Waals surface area contributed by atoms with Gasteiger partial charge in [0.05, 0.1) is 46.0 Å². The smallest absolute Gasteiger partial charge is 0.312 e. The normalized spacial score (nSPS) is 31.7. The van der Waals surface area contributed by atoms with E-state index in [1.165, 1.54) is 40.6 Å². The molecule has 0 radical (unpaired) electrons. The Morgan fingerprint density at radius 3 is 2.32 bits per heavy atom. The quantitative estimate of drug-likeness (QED) is 0.233. The molecule has 0 spiro atoms. The monoisotopic (exact) mass is 654 g/mol. The summed E-state index contributed by atoms with van der Waals surface area (Å²) in [5.41, 5.74) is -2.88. The van der Waals surface area contributed by atoms with Crippen molar-refractivity contribution in [1.82, 2.24) is 0 Å². The summed E-state index contributed by atoms with van der Waals surface area (Å²) >= 11 is 0. The van der Waals surface area contributed by atoms with Gasteiger partial charge in [-0.25, -0.2) is 0 Å². The second-order valence-electron chi connectivity index (χ2n) is 11.6. The molecule has 0 amide bonds. The van der Waals surface area contributed by atoms with Crippen molar-refractivity contribution in [3.63, 3.8) is 0 Å². The molecule has 1 aliphatic carbocycles. The van der Waals surface area contributed by atoms with Gasteiger partial charge in [-0.1, -0.05) is 42.5 Å². The van der Waals surface area contributed by atoms with Crippen LogP contribution in [-0.4, -0.2) is 98.9 Å². The average Bonchev–Trinajstić information content (AvgIpc) is 3.49. The zero-order valence-corrected chi connectivity index (χ0v) is 26.3. The van der Waals surface area contributed by atoms with Crippen molar-refractivity contribution in [3.8, 4) is 23.0 Å². The summed E-state index contributed by atoms with van der Waals surface area (Å²) in [7, 11) is 5.54. The van der Waals surface area contributed by atoms with Crippen LogP contribution in [0.2, 0.25) is 0 Å². The summed E-state index contributed by atoms with van der Waals surface area (Å²) < 4.78 is 46.2. The summed E-state index contributed by atoms with van der Waals surface area (Å²) in [4.78, 5) is 13.5. The zero-order chi connectivity index (χ0) is 33.5. The highest BCUT2D eigenvalue weighted by Crippen LogP contribution is 2.70. The molecule has 3 aromatic rings. The minimum absolute atomic E-state index is 0.0474. The van der Waals surface area contributed by atoms with Gasteiger partial charge in [0.1, 0.15) is 41.3 Å². The van der Waals surface area contributed by atoms with Crippen LogP contribution in [0.3, 0.4) is 0 Å². The van der Waals surface area contributed by atoms with Crippen LogP contribution in [0.1, 0.15) is 22.6 Å². The Hall–Kier alpha value is -3.95. The van der Waals surface area contributed by atoms with E-state index in [-0.39, 0.29) is 29.4 Å². The lowest BCUT2D eigenvalue weighted by atomic mass is 9.70. The minimum atomic E-state index is -2.25. The van der Waals surface area contributed by atoms with Gasteiger partial charge in [-0.3, -0.25) is 4.79 Å². The standard InChI is InChI=1S/C34H38O13/c1-40-20-12-10-19(11-13-20)34-27(18-8-6-5-7-9-18)26(30(38)42-3)29(37)33(34,39)28-23(41-2)14-21(15-24(28)47-34)45-32-31(43-4)44-17-25(46-32)22(36)16-35/h5-15,22,25-27,29,31-32,35-37,39H,16-17H2,1-4H3/t22-,25+,26-,27-,29+,31-,32+,33-,34-/m0/s1. The SMILES string of the molecule is COC(=O)[C@@H]1[C@@H](O)[C@@]2(O)c3c(OC)cc(O[C@@H]4O[C@@H]([C@@H](O)CO)CO[C@@H]4OC)cc3O[C@@]2(c2ccc(OC)cc2)[C@H]1c1ccccc1. The van der Waals surface area contributed by atoms with Gasteiger partial charge in [-0.05, 0) is 23.3 Å². The molecule has 0 aromatic heterocycles. The highest BCUT2D eigenvalue weighted by molar-refractivity contribution is 5.78. The maximum absolute atomic E-state index is 13.5. The predicted octanol–water partition coefficient (Wildman–Crippen LogP) is 1.57. The zero-order valence-electron chi connectivity index (χ0n) is 26.3. The van der Waals surface area contributed by atoms with Gasteiger partial charge < -0.3 is 58.3 Å². The number of fused-ring (bicyclic) bond motifs is 3. The fourth-order valence-corrected chi connectivity index (χ4v) is 7.11. The van der Waals surface area contributed by atoms with E-state index in [0.29, 0.717) is 16.9 Å². The molecule has 13 heteroatoms. The summed E-state index contributed by atoms with van der Waals surface area (Å²) in [6, 6.07) is 18.8. The molecule has 47 heavy (non-hydrogen) atoms. The lowest BCUT2D eigenvalue weighted by molar-refractivity contribution is -0.324. The lowest BCUT2D eigenvalue weighted by Gasteiger charge is -2.40. The Morgan fingerprint density at radius 2 is 1.70 bits per heavy atom. The maximum atomic E-state index is 13.5. The van der Waals surface area contributed by atoms with Crippen molar-refractivity contribution >= 4 is 5.97 Å². The number of esters is 1. The van der Waals surface area contributed by atoms with Crippen LogP contribution in [0.4, 0.5) is 0 Å². The highest BCUT2D eigenvalue weighted by atomic mass is 16.8. The van der Waals surface area contributed by atoms with Crippen LogP contribution < -0.4 is 18.9 Å². The second-order valence-corrected chi connectivity index (χ2v) is 11.6. The number of hydrogen-bond donors (Lipinski definition) is 4. The molecule has 4 N–H and O–H groups in total. The maximum Gasteiger partial charge on any atom is 0.312 e. The Kier molecular flexibility index (Phi) is 9.06. The molecule has 3 aromatic carbocycles. The first-order valence-corrected chi connectivity index (χ1v) is 15.0. The lowest BCUT2D eigenvalue weighted by Crippen LogP contribution is -2.52. The summed E-state index contributed by atoms with van der Waals surface area (Å²) in [5.74, 6) is -2.05. The molecular formula is C34H38O13. The van der Waals surface area contributed by atoms with Crippen molar-refractivity contribution in [3.05, 3.63) is 83.4 Å². The van der Waals surface area contributed by atoms with E-state index < -0.39 is 66.5 Å². The molecule has 6 rings (SSSR count). The van der Waals surface area contributed by atoms with E-state index in [1.807, 2.05) is 6.07 Å². The van der Waals surface area contributed by atoms with Gasteiger partial charge >= 0.3 is 5.97 Å².